The number of amides is 1. The number of ether oxygens (including phenoxy) is 2. The van der Waals surface area contributed by atoms with Crippen LogP contribution in [-0.2, 0) is 16.0 Å². The monoisotopic (exact) mass is 557 g/mol. The van der Waals surface area contributed by atoms with Crippen molar-refractivity contribution in [2.75, 3.05) is 18.4 Å². The smallest absolute Gasteiger partial charge is 0.404 e. The number of carbonyl (C=O) groups excluding carboxylic acids is 2. The number of nitrogens with one attached hydrogen (secondary N) is 1. The molecule has 3 aromatic rings. The predicted molar refractivity (Wildman–Crippen MR) is 138 cm³/mol. The van der Waals surface area contributed by atoms with Crippen LogP contribution >= 0.6 is 0 Å². The predicted octanol–water partition coefficient (Wildman–Crippen LogP) is 5.40. The van der Waals surface area contributed by atoms with Crippen molar-refractivity contribution in [2.45, 2.75) is 50.8 Å². The van der Waals surface area contributed by atoms with Crippen molar-refractivity contribution in [2.24, 2.45) is 0 Å². The number of hydrogen-bond donors (Lipinski definition) is 1. The molecule has 2 fully saturated rings. The van der Waals surface area contributed by atoms with E-state index in [2.05, 4.69) is 15.0 Å². The molecular formula is C29H27F4N3O4. The van der Waals surface area contributed by atoms with Gasteiger partial charge in [0.15, 0.2) is 11.5 Å². The van der Waals surface area contributed by atoms with Crippen molar-refractivity contribution < 1.29 is 36.6 Å². The Labute approximate surface area is 228 Å². The van der Waals surface area contributed by atoms with Gasteiger partial charge in [0, 0.05) is 36.8 Å². The Hall–Kier alpha value is -3.83. The molecule has 5 rings (SSSR count). The normalized spacial score (nSPS) is 19.7. The molecule has 0 radical (unpaired) electrons. The zero-order valence-electron chi connectivity index (χ0n) is 21.6. The van der Waals surface area contributed by atoms with Gasteiger partial charge in [0.05, 0.1) is 29.6 Å². The third kappa shape index (κ3) is 6.48. The largest absolute Gasteiger partial charge is 0.573 e. The highest BCUT2D eigenvalue weighted by molar-refractivity contribution is 5.98. The Bertz CT molecular complexity index is 1380. The number of anilines is 1. The molecule has 11 heteroatoms. The van der Waals surface area contributed by atoms with Crippen molar-refractivity contribution in [3.63, 3.8) is 0 Å². The number of morpholine rings is 1. The van der Waals surface area contributed by atoms with Crippen LogP contribution in [0.2, 0.25) is 0 Å². The van der Waals surface area contributed by atoms with Crippen LogP contribution in [0.3, 0.4) is 0 Å². The zero-order chi connectivity index (χ0) is 28.4. The number of pyridine rings is 1. The number of aromatic nitrogens is 1. The van der Waals surface area contributed by atoms with Crippen LogP contribution in [-0.4, -0.2) is 59.3 Å². The first-order chi connectivity index (χ1) is 19.1. The first-order valence-electron chi connectivity index (χ1n) is 12.9. The molecule has 0 saturated carbocycles. The van der Waals surface area contributed by atoms with Gasteiger partial charge in [0.25, 0.3) is 0 Å². The topological polar surface area (TPSA) is 80.8 Å². The fourth-order valence-corrected chi connectivity index (χ4v) is 5.04. The molecular weight excluding hydrogens is 530 g/mol. The molecule has 3 atom stereocenters. The van der Waals surface area contributed by atoms with Crippen molar-refractivity contribution in [1.82, 2.24) is 9.88 Å². The van der Waals surface area contributed by atoms with E-state index in [1.165, 1.54) is 36.5 Å². The summed E-state index contributed by atoms with van der Waals surface area (Å²) < 4.78 is 63.2. The molecule has 3 unspecified atom stereocenters. The summed E-state index contributed by atoms with van der Waals surface area (Å²) in [5.41, 5.74) is 1.07. The summed E-state index contributed by atoms with van der Waals surface area (Å²) >= 11 is 0. The molecule has 1 N–H and O–H groups in total. The Balaban J connectivity index is 1.31. The van der Waals surface area contributed by atoms with E-state index in [4.69, 9.17) is 4.74 Å². The molecule has 0 spiro atoms. The van der Waals surface area contributed by atoms with E-state index in [-0.39, 0.29) is 35.7 Å². The van der Waals surface area contributed by atoms with Crippen LogP contribution in [0.15, 0.2) is 60.8 Å². The maximum absolute atomic E-state index is 14.1. The molecule has 2 saturated heterocycles. The van der Waals surface area contributed by atoms with E-state index in [1.807, 2.05) is 4.90 Å². The quantitative estimate of drug-likeness (QED) is 0.295. The van der Waals surface area contributed by atoms with Crippen molar-refractivity contribution in [1.29, 1.82) is 0 Å². The second-order valence-electron chi connectivity index (χ2n) is 9.97. The van der Waals surface area contributed by atoms with Gasteiger partial charge in [-0.05, 0) is 61.7 Å². The van der Waals surface area contributed by atoms with Crippen LogP contribution < -0.4 is 10.1 Å². The van der Waals surface area contributed by atoms with Crippen LogP contribution in [0, 0.1) is 5.82 Å². The summed E-state index contributed by atoms with van der Waals surface area (Å²) in [5.74, 6) is -1.88. The van der Waals surface area contributed by atoms with Gasteiger partial charge in [-0.25, -0.2) is 4.39 Å². The van der Waals surface area contributed by atoms with E-state index in [1.54, 1.807) is 25.1 Å². The number of halogens is 4. The van der Waals surface area contributed by atoms with E-state index in [0.29, 0.717) is 29.9 Å². The molecule has 7 nitrogen and oxygen atoms in total. The molecule has 3 heterocycles. The minimum absolute atomic E-state index is 0.0442. The number of carbonyl (C=O) groups is 2. The van der Waals surface area contributed by atoms with Gasteiger partial charge >= 0.3 is 6.36 Å². The number of nitrogens with zero attached hydrogens (tertiary/aromatic N) is 2. The second-order valence-corrected chi connectivity index (χ2v) is 9.97. The molecule has 1 aromatic heterocycles. The molecule has 2 bridgehead atoms. The molecule has 2 aliphatic heterocycles. The van der Waals surface area contributed by atoms with Gasteiger partial charge < -0.3 is 14.8 Å². The van der Waals surface area contributed by atoms with E-state index in [9.17, 15) is 27.2 Å². The fraction of sp³-hybridized carbons (Fsp3) is 0.345. The molecule has 40 heavy (non-hydrogen) atoms. The Morgan fingerprint density at radius 3 is 2.48 bits per heavy atom. The van der Waals surface area contributed by atoms with Gasteiger partial charge in [-0.3, -0.25) is 19.5 Å². The summed E-state index contributed by atoms with van der Waals surface area (Å²) in [5, 5.41) is 2.56. The third-order valence-electron chi connectivity index (χ3n) is 7.13. The van der Waals surface area contributed by atoms with Crippen molar-refractivity contribution in [3.8, 4) is 17.0 Å². The average Bonchev–Trinajstić information content (AvgIpc) is 3.26. The fourth-order valence-electron chi connectivity index (χ4n) is 5.04. The average molecular weight is 558 g/mol. The number of likely N-dealkylation sites (tertiary alicyclic amines) is 1. The van der Waals surface area contributed by atoms with Crippen LogP contribution in [0.25, 0.3) is 11.3 Å². The summed E-state index contributed by atoms with van der Waals surface area (Å²) in [4.78, 5) is 32.1. The lowest BCUT2D eigenvalue weighted by Gasteiger charge is -2.35. The maximum Gasteiger partial charge on any atom is 0.573 e. The van der Waals surface area contributed by atoms with Crippen molar-refractivity contribution >= 4 is 17.4 Å². The zero-order valence-corrected chi connectivity index (χ0v) is 21.6. The van der Waals surface area contributed by atoms with Crippen molar-refractivity contribution in [3.05, 3.63) is 77.7 Å². The lowest BCUT2D eigenvalue weighted by molar-refractivity contribution is -0.274. The number of Topliss-reactive ketones (excluding diaryl/α,β-unsaturated/α-hetero) is 1. The highest BCUT2D eigenvalue weighted by Crippen LogP contribution is 2.33. The molecule has 2 aliphatic rings. The highest BCUT2D eigenvalue weighted by atomic mass is 19.4. The molecule has 1 amide bonds. The Kier molecular flexibility index (Phi) is 7.86. The van der Waals surface area contributed by atoms with Gasteiger partial charge in [-0.15, -0.1) is 13.2 Å². The number of alkyl halides is 3. The van der Waals surface area contributed by atoms with Gasteiger partial charge in [0.1, 0.15) is 5.82 Å². The number of rotatable bonds is 8. The van der Waals surface area contributed by atoms with Gasteiger partial charge in [-0.1, -0.05) is 18.2 Å². The number of hydrogen-bond acceptors (Lipinski definition) is 6. The second kappa shape index (κ2) is 11.3. The van der Waals surface area contributed by atoms with Crippen LogP contribution in [0.1, 0.15) is 35.7 Å². The lowest BCUT2D eigenvalue weighted by atomic mass is 10.0. The summed E-state index contributed by atoms with van der Waals surface area (Å²) in [6.07, 6.45) is -1.90. The maximum atomic E-state index is 14.1. The number of fused-ring (bicyclic) bond motifs is 2. The Morgan fingerprint density at radius 1 is 1.10 bits per heavy atom. The van der Waals surface area contributed by atoms with E-state index < -0.39 is 29.9 Å². The first-order valence-corrected chi connectivity index (χ1v) is 12.9. The minimum Gasteiger partial charge on any atom is -0.404 e. The molecule has 210 valence electrons. The standard InChI is InChI=1S/C29H27F4N3O4/c1-17(36-15-20-8-9-21(16-36)39-20)28(38)35-25-12-18(6-11-27(25)40-29(31,32)33)13-26(37)19-7-10-24(34-14-19)22-4-2-3-5-23(22)30/h2-7,10-12,14,17,20-21H,8-9,13,15-16H2,1H3,(H,35,38). The van der Waals surface area contributed by atoms with Crippen LogP contribution in [0.5, 0.6) is 5.75 Å². The lowest BCUT2D eigenvalue weighted by Crippen LogP contribution is -2.51. The number of benzene rings is 2. The van der Waals surface area contributed by atoms with Gasteiger partial charge in [0.2, 0.25) is 5.91 Å². The number of ketones is 1. The van der Waals surface area contributed by atoms with Crippen LogP contribution in [0.4, 0.5) is 23.2 Å². The van der Waals surface area contributed by atoms with E-state index >= 15 is 0 Å². The SMILES string of the molecule is CC(C(=O)Nc1cc(CC(=O)c2ccc(-c3ccccc3F)nc2)ccc1OC(F)(F)F)N1CC2CCC(C1)O2. The highest BCUT2D eigenvalue weighted by Gasteiger charge is 2.38. The molecule has 0 aliphatic carbocycles. The van der Waals surface area contributed by atoms with E-state index in [0.717, 1.165) is 18.9 Å². The Morgan fingerprint density at radius 2 is 1.82 bits per heavy atom. The summed E-state index contributed by atoms with van der Waals surface area (Å²) in [7, 11) is 0. The first kappa shape index (κ1) is 27.7. The summed E-state index contributed by atoms with van der Waals surface area (Å²) in [6, 6.07) is 12.2. The third-order valence-corrected chi connectivity index (χ3v) is 7.13. The minimum atomic E-state index is -4.97. The summed E-state index contributed by atoms with van der Waals surface area (Å²) in [6.45, 7) is 2.82. The molecule has 2 aromatic carbocycles. The van der Waals surface area contributed by atoms with Gasteiger partial charge in [-0.2, -0.15) is 0 Å².